The van der Waals surface area contributed by atoms with E-state index in [1.165, 1.54) is 6.07 Å². The number of hydrogen-bond donors (Lipinski definition) is 1. The number of amides is 3. The van der Waals surface area contributed by atoms with E-state index in [4.69, 9.17) is 0 Å². The van der Waals surface area contributed by atoms with E-state index in [0.717, 1.165) is 31.5 Å². The Labute approximate surface area is 154 Å². The van der Waals surface area contributed by atoms with Gasteiger partial charge < -0.3 is 15.1 Å². The first kappa shape index (κ1) is 20.2. The third kappa shape index (κ3) is 5.69. The molecular formula is C19H29FN4O2. The van der Waals surface area contributed by atoms with Gasteiger partial charge in [-0.15, -0.1) is 0 Å². The van der Waals surface area contributed by atoms with Gasteiger partial charge in [0.25, 0.3) is 0 Å². The zero-order chi connectivity index (χ0) is 19.3. The molecule has 0 unspecified atom stereocenters. The van der Waals surface area contributed by atoms with E-state index >= 15 is 0 Å². The van der Waals surface area contributed by atoms with Gasteiger partial charge in [-0.1, -0.05) is 12.1 Å². The molecule has 7 heteroatoms. The predicted octanol–water partition coefficient (Wildman–Crippen LogP) is 1.83. The zero-order valence-electron chi connectivity index (χ0n) is 16.1. The van der Waals surface area contributed by atoms with E-state index in [0.29, 0.717) is 18.7 Å². The lowest BCUT2D eigenvalue weighted by molar-refractivity contribution is -0.130. The fourth-order valence-corrected chi connectivity index (χ4v) is 2.93. The van der Waals surface area contributed by atoms with Gasteiger partial charge in [-0.3, -0.25) is 9.69 Å². The molecule has 1 aliphatic rings. The topological polar surface area (TPSA) is 55.9 Å². The lowest BCUT2D eigenvalue weighted by Crippen LogP contribution is -2.49. The molecule has 144 valence electrons. The second-order valence-electron chi connectivity index (χ2n) is 7.23. The van der Waals surface area contributed by atoms with Gasteiger partial charge in [-0.2, -0.15) is 0 Å². The van der Waals surface area contributed by atoms with Crippen molar-refractivity contribution in [1.29, 1.82) is 0 Å². The van der Waals surface area contributed by atoms with Crippen LogP contribution in [0, 0.1) is 12.7 Å². The Balaban J connectivity index is 1.77. The summed E-state index contributed by atoms with van der Waals surface area (Å²) in [4.78, 5) is 29.4. The first-order valence-corrected chi connectivity index (χ1v) is 8.95. The first-order chi connectivity index (χ1) is 12.3. The summed E-state index contributed by atoms with van der Waals surface area (Å²) in [5, 5.41) is 3.03. The minimum Gasteiger partial charge on any atom is -0.348 e. The summed E-state index contributed by atoms with van der Waals surface area (Å²) in [6.07, 6.45) is 1.64. The average Bonchev–Trinajstić information content (AvgIpc) is 2.59. The molecule has 0 saturated carbocycles. The Kier molecular flexibility index (Phi) is 6.97. The van der Waals surface area contributed by atoms with Crippen LogP contribution in [0.2, 0.25) is 0 Å². The van der Waals surface area contributed by atoms with Gasteiger partial charge in [-0.25, -0.2) is 9.18 Å². The molecule has 0 spiro atoms. The lowest BCUT2D eigenvalue weighted by Gasteiger charge is -2.33. The van der Waals surface area contributed by atoms with Crippen LogP contribution in [-0.2, 0) is 11.3 Å². The standard InChI is InChI=1S/C19H29FN4O2/c1-14-5-6-15(11-17(14)20)12-23(4)19(26)21-16-7-9-24(10-8-16)13-18(25)22(2)3/h5-6,11,16H,7-10,12-13H2,1-4H3,(H,21,26). The molecule has 1 aromatic rings. The molecule has 3 amide bonds. The van der Waals surface area contributed by atoms with Crippen molar-refractivity contribution >= 4 is 11.9 Å². The van der Waals surface area contributed by atoms with Crippen LogP contribution in [-0.4, -0.2) is 73.5 Å². The number of rotatable bonds is 5. The minimum absolute atomic E-state index is 0.0950. The monoisotopic (exact) mass is 364 g/mol. The smallest absolute Gasteiger partial charge is 0.317 e. The molecule has 1 heterocycles. The number of piperidine rings is 1. The molecule has 0 aromatic heterocycles. The largest absolute Gasteiger partial charge is 0.348 e. The lowest BCUT2D eigenvalue weighted by atomic mass is 10.1. The van der Waals surface area contributed by atoms with Crippen LogP contribution in [0.15, 0.2) is 18.2 Å². The number of halogens is 1. The summed E-state index contributed by atoms with van der Waals surface area (Å²) in [5.41, 5.74) is 1.36. The van der Waals surface area contributed by atoms with E-state index in [2.05, 4.69) is 10.2 Å². The van der Waals surface area contributed by atoms with Crippen molar-refractivity contribution in [2.24, 2.45) is 0 Å². The average molecular weight is 364 g/mol. The van der Waals surface area contributed by atoms with Gasteiger partial charge in [-0.05, 0) is 37.0 Å². The molecule has 0 aliphatic carbocycles. The van der Waals surface area contributed by atoms with Gasteiger partial charge in [0.1, 0.15) is 5.82 Å². The van der Waals surface area contributed by atoms with Crippen molar-refractivity contribution in [3.8, 4) is 0 Å². The summed E-state index contributed by atoms with van der Waals surface area (Å²) in [5.74, 6) is -0.159. The SMILES string of the molecule is Cc1ccc(CN(C)C(=O)NC2CCN(CC(=O)N(C)C)CC2)cc1F. The molecule has 0 atom stereocenters. The van der Waals surface area contributed by atoms with Crippen LogP contribution in [0.4, 0.5) is 9.18 Å². The van der Waals surface area contributed by atoms with E-state index in [-0.39, 0.29) is 23.8 Å². The normalized spacial score (nSPS) is 15.6. The van der Waals surface area contributed by atoms with E-state index in [1.54, 1.807) is 43.9 Å². The van der Waals surface area contributed by atoms with E-state index in [1.807, 2.05) is 6.07 Å². The second-order valence-corrected chi connectivity index (χ2v) is 7.23. The van der Waals surface area contributed by atoms with Crippen molar-refractivity contribution in [3.05, 3.63) is 35.1 Å². The van der Waals surface area contributed by atoms with Crippen molar-refractivity contribution in [2.45, 2.75) is 32.4 Å². The molecule has 1 aromatic carbocycles. The number of carbonyl (C=O) groups is 2. The van der Waals surface area contributed by atoms with Crippen LogP contribution >= 0.6 is 0 Å². The summed E-state index contributed by atoms with van der Waals surface area (Å²) >= 11 is 0. The number of nitrogens with one attached hydrogen (secondary N) is 1. The molecule has 1 N–H and O–H groups in total. The molecule has 6 nitrogen and oxygen atoms in total. The van der Waals surface area contributed by atoms with Crippen LogP contribution in [0.3, 0.4) is 0 Å². The summed E-state index contributed by atoms with van der Waals surface area (Å²) < 4.78 is 13.6. The molecule has 0 bridgehead atoms. The number of nitrogens with zero attached hydrogens (tertiary/aromatic N) is 3. The molecule has 2 rings (SSSR count). The molecular weight excluding hydrogens is 335 g/mol. The third-order valence-corrected chi connectivity index (χ3v) is 4.78. The van der Waals surface area contributed by atoms with Crippen molar-refractivity contribution < 1.29 is 14.0 Å². The maximum atomic E-state index is 13.6. The summed E-state index contributed by atoms with van der Waals surface area (Å²) in [7, 11) is 5.22. The van der Waals surface area contributed by atoms with E-state index < -0.39 is 0 Å². The van der Waals surface area contributed by atoms with Crippen LogP contribution in [0.1, 0.15) is 24.0 Å². The zero-order valence-corrected chi connectivity index (χ0v) is 16.1. The molecule has 1 aliphatic heterocycles. The van der Waals surface area contributed by atoms with Gasteiger partial charge >= 0.3 is 6.03 Å². The Morgan fingerprint density at radius 2 is 1.88 bits per heavy atom. The molecule has 26 heavy (non-hydrogen) atoms. The van der Waals surface area contributed by atoms with Gasteiger partial charge in [0.15, 0.2) is 0 Å². The number of hydrogen-bond acceptors (Lipinski definition) is 3. The number of benzene rings is 1. The number of aryl methyl sites for hydroxylation is 1. The number of urea groups is 1. The Morgan fingerprint density at radius 3 is 2.46 bits per heavy atom. The maximum absolute atomic E-state index is 13.6. The van der Waals surface area contributed by atoms with Crippen molar-refractivity contribution in [1.82, 2.24) is 20.0 Å². The second kappa shape index (κ2) is 8.98. The molecule has 0 radical (unpaired) electrons. The number of carbonyl (C=O) groups excluding carboxylic acids is 2. The van der Waals surface area contributed by atoms with Crippen LogP contribution < -0.4 is 5.32 Å². The number of likely N-dealkylation sites (tertiary alicyclic amines) is 1. The minimum atomic E-state index is -0.254. The predicted molar refractivity (Wildman–Crippen MR) is 99.3 cm³/mol. The highest BCUT2D eigenvalue weighted by Crippen LogP contribution is 2.13. The Morgan fingerprint density at radius 1 is 1.23 bits per heavy atom. The van der Waals surface area contributed by atoms with E-state index in [9.17, 15) is 14.0 Å². The summed E-state index contributed by atoms with van der Waals surface area (Å²) in [6, 6.07) is 4.97. The van der Waals surface area contributed by atoms with Crippen molar-refractivity contribution in [3.63, 3.8) is 0 Å². The van der Waals surface area contributed by atoms with Gasteiger partial charge in [0.05, 0.1) is 6.54 Å². The van der Waals surface area contributed by atoms with Gasteiger partial charge in [0.2, 0.25) is 5.91 Å². The molecule has 1 fully saturated rings. The first-order valence-electron chi connectivity index (χ1n) is 8.95. The fourth-order valence-electron chi connectivity index (χ4n) is 2.93. The molecule has 1 saturated heterocycles. The number of likely N-dealkylation sites (N-methyl/N-ethyl adjacent to an activating group) is 1. The highest BCUT2D eigenvalue weighted by molar-refractivity contribution is 5.77. The Bertz CT molecular complexity index is 642. The quantitative estimate of drug-likeness (QED) is 0.867. The summed E-state index contributed by atoms with van der Waals surface area (Å²) in [6.45, 7) is 4.08. The highest BCUT2D eigenvalue weighted by Gasteiger charge is 2.23. The van der Waals surface area contributed by atoms with Gasteiger partial charge in [0, 0.05) is 46.8 Å². The Hall–Kier alpha value is -2.15. The maximum Gasteiger partial charge on any atom is 0.317 e. The van der Waals surface area contributed by atoms with Crippen LogP contribution in [0.5, 0.6) is 0 Å². The highest BCUT2D eigenvalue weighted by atomic mass is 19.1. The third-order valence-electron chi connectivity index (χ3n) is 4.78. The van der Waals surface area contributed by atoms with Crippen molar-refractivity contribution in [2.75, 3.05) is 40.8 Å². The fraction of sp³-hybridized carbons (Fsp3) is 0.579. The van der Waals surface area contributed by atoms with Crippen LogP contribution in [0.25, 0.3) is 0 Å².